The lowest BCUT2D eigenvalue weighted by molar-refractivity contribution is -0.779. The van der Waals surface area contributed by atoms with E-state index in [9.17, 15) is 10.1 Å². The van der Waals surface area contributed by atoms with E-state index in [2.05, 4.69) is 10.8 Å². The zero-order valence-corrected chi connectivity index (χ0v) is 3.75. The summed E-state index contributed by atoms with van der Waals surface area (Å²) in [4.78, 5) is 12.8. The molecule has 0 radical (unpaired) electrons. The lowest BCUT2D eigenvalue weighted by atomic mass is 12.3. The van der Waals surface area contributed by atoms with Crippen molar-refractivity contribution in [2.45, 2.75) is 0 Å². The quantitative estimate of drug-likeness (QED) is 0.142. The molecule has 0 aliphatic carbocycles. The van der Waals surface area contributed by atoms with Gasteiger partial charge in [-0.15, -0.1) is 10.1 Å². The minimum absolute atomic E-state index is 1.04. The Kier molecular flexibility index (Phi) is 3.70. The van der Waals surface area contributed by atoms with Crippen molar-refractivity contribution in [3.8, 4) is 0 Å². The third-order valence-electron chi connectivity index (χ3n) is 0.243. The SMILES string of the molecule is NNNNO[N+](=O)[O-]. The Balaban J connectivity index is 2.82. The Morgan fingerprint density at radius 3 is 2.75 bits per heavy atom. The molecule has 0 unspecified atom stereocenters. The Bertz CT molecular complexity index is 70.1. The molecular formula is H5N5O3. The summed E-state index contributed by atoms with van der Waals surface area (Å²) in [6, 6.07) is 0. The van der Waals surface area contributed by atoms with Gasteiger partial charge in [-0.1, -0.05) is 5.59 Å². The van der Waals surface area contributed by atoms with E-state index in [-0.39, 0.29) is 0 Å². The van der Waals surface area contributed by atoms with Crippen LogP contribution in [0.15, 0.2) is 0 Å². The third kappa shape index (κ3) is 5.04. The summed E-state index contributed by atoms with van der Waals surface area (Å²) in [5.74, 6) is 4.59. The van der Waals surface area contributed by atoms with Crippen LogP contribution >= 0.6 is 0 Å². The summed E-state index contributed by atoms with van der Waals surface area (Å²) in [6.45, 7) is 0. The molecule has 0 saturated carbocycles. The van der Waals surface area contributed by atoms with Crippen molar-refractivity contribution in [1.82, 2.24) is 16.7 Å². The van der Waals surface area contributed by atoms with E-state index >= 15 is 0 Å². The van der Waals surface area contributed by atoms with Crippen LogP contribution in [0.25, 0.3) is 0 Å². The van der Waals surface area contributed by atoms with Gasteiger partial charge in [0.1, 0.15) is 0 Å². The summed E-state index contributed by atoms with van der Waals surface area (Å²) < 4.78 is 0. The molecule has 8 heavy (non-hydrogen) atoms. The monoisotopic (exact) mass is 123 g/mol. The van der Waals surface area contributed by atoms with Crippen molar-refractivity contribution in [1.29, 1.82) is 0 Å². The maximum Gasteiger partial charge on any atom is 0.313 e. The van der Waals surface area contributed by atoms with Gasteiger partial charge >= 0.3 is 5.09 Å². The van der Waals surface area contributed by atoms with Crippen LogP contribution in [0.2, 0.25) is 0 Å². The average Bonchev–Trinajstić information content (AvgIpc) is 1.66. The van der Waals surface area contributed by atoms with E-state index in [1.807, 2.05) is 11.1 Å². The summed E-state index contributed by atoms with van der Waals surface area (Å²) in [7, 11) is 0. The molecule has 0 aromatic rings. The van der Waals surface area contributed by atoms with Gasteiger partial charge in [-0.25, -0.2) is 4.94 Å². The first-order chi connectivity index (χ1) is 3.77. The Hall–Kier alpha value is -0.960. The number of hydrazine groups is 3. The number of nitrogens with zero attached hydrogens (tertiary/aromatic N) is 1. The van der Waals surface area contributed by atoms with Crippen LogP contribution in [0.3, 0.4) is 0 Å². The molecule has 0 heterocycles. The van der Waals surface area contributed by atoms with Gasteiger partial charge < -0.3 is 0 Å². The van der Waals surface area contributed by atoms with Gasteiger partial charge in [0.15, 0.2) is 0 Å². The average molecular weight is 123 g/mol. The van der Waals surface area contributed by atoms with Crippen molar-refractivity contribution in [2.24, 2.45) is 5.84 Å². The third-order valence-corrected chi connectivity index (χ3v) is 0.243. The molecule has 0 aliphatic heterocycles. The van der Waals surface area contributed by atoms with Gasteiger partial charge in [0.2, 0.25) is 0 Å². The van der Waals surface area contributed by atoms with Crippen molar-refractivity contribution >= 4 is 0 Å². The Labute approximate surface area is 43.9 Å². The molecule has 48 valence electrons. The van der Waals surface area contributed by atoms with Crippen LogP contribution in [0, 0.1) is 10.1 Å². The summed E-state index contributed by atoms with van der Waals surface area (Å²) in [5.41, 5.74) is 5.38. The van der Waals surface area contributed by atoms with Crippen molar-refractivity contribution < 1.29 is 10.0 Å². The van der Waals surface area contributed by atoms with E-state index in [1.165, 1.54) is 0 Å². The zero-order chi connectivity index (χ0) is 6.41. The Morgan fingerprint density at radius 2 is 2.38 bits per heavy atom. The number of hydrogen-bond donors (Lipinski definition) is 4. The van der Waals surface area contributed by atoms with Gasteiger partial charge in [-0.05, 0) is 0 Å². The van der Waals surface area contributed by atoms with Crippen molar-refractivity contribution in [2.75, 3.05) is 0 Å². The molecule has 0 rings (SSSR count). The molecule has 8 heteroatoms. The second kappa shape index (κ2) is 4.21. The molecule has 0 atom stereocenters. The first kappa shape index (κ1) is 7.04. The highest BCUT2D eigenvalue weighted by Gasteiger charge is 1.87. The van der Waals surface area contributed by atoms with Crippen molar-refractivity contribution in [3.63, 3.8) is 0 Å². The fourth-order valence-electron chi connectivity index (χ4n) is 0.0896. The highest BCUT2D eigenvalue weighted by atomic mass is 17.0. The van der Waals surface area contributed by atoms with Gasteiger partial charge in [-0.2, -0.15) is 11.1 Å². The standard InChI is InChI=1S/H5N5O3/c1-2-3-4-8-5(6)7/h2-4H,1H2. The molecule has 0 fully saturated rings. The molecule has 0 spiro atoms. The largest absolute Gasteiger partial charge is 0.313 e. The lowest BCUT2D eigenvalue weighted by Gasteiger charge is -1.98. The number of nitrogens with one attached hydrogen (secondary N) is 3. The highest BCUT2D eigenvalue weighted by molar-refractivity contribution is 3.92. The van der Waals surface area contributed by atoms with Gasteiger partial charge in [0.05, 0.1) is 0 Å². The Morgan fingerprint density at radius 1 is 1.75 bits per heavy atom. The van der Waals surface area contributed by atoms with E-state index in [0.717, 1.165) is 0 Å². The summed E-state index contributed by atoms with van der Waals surface area (Å²) >= 11 is 0. The molecule has 8 nitrogen and oxygen atoms in total. The fraction of sp³-hybridized carbons (Fsp3) is 0. The zero-order valence-electron chi connectivity index (χ0n) is 3.75. The molecule has 0 bridgehead atoms. The second-order valence-corrected chi connectivity index (χ2v) is 0.686. The molecular weight excluding hydrogens is 118 g/mol. The van der Waals surface area contributed by atoms with Crippen LogP contribution in [0.1, 0.15) is 0 Å². The molecule has 0 aliphatic rings. The van der Waals surface area contributed by atoms with Crippen LogP contribution < -0.4 is 22.5 Å². The van der Waals surface area contributed by atoms with E-state index in [4.69, 9.17) is 0 Å². The molecule has 5 N–H and O–H groups in total. The first-order valence-corrected chi connectivity index (χ1v) is 1.54. The minimum Gasteiger partial charge on any atom is -0.257 e. The second-order valence-electron chi connectivity index (χ2n) is 0.686. The first-order valence-electron chi connectivity index (χ1n) is 1.54. The van der Waals surface area contributed by atoms with Gasteiger partial charge in [0, 0.05) is 0 Å². The van der Waals surface area contributed by atoms with Gasteiger partial charge in [-0.3, -0.25) is 5.84 Å². The maximum atomic E-state index is 9.29. The maximum absolute atomic E-state index is 9.29. The van der Waals surface area contributed by atoms with Crippen LogP contribution in [0.5, 0.6) is 0 Å². The van der Waals surface area contributed by atoms with Gasteiger partial charge in [0.25, 0.3) is 0 Å². The normalized spacial score (nSPS) is 8.62. The molecule has 0 aromatic heterocycles. The fourth-order valence-corrected chi connectivity index (χ4v) is 0.0896. The summed E-state index contributed by atoms with van der Waals surface area (Å²) in [6.07, 6.45) is 0. The van der Waals surface area contributed by atoms with E-state index in [0.29, 0.717) is 0 Å². The predicted molar refractivity (Wildman–Crippen MR) is 21.7 cm³/mol. The van der Waals surface area contributed by atoms with Crippen LogP contribution in [-0.2, 0) is 4.94 Å². The number of rotatable bonds is 4. The van der Waals surface area contributed by atoms with Crippen LogP contribution in [-0.4, -0.2) is 5.09 Å². The molecule has 0 aromatic carbocycles. The topological polar surface area (TPSA) is 114 Å². The number of hydrogen-bond acceptors (Lipinski definition) is 7. The predicted octanol–water partition coefficient (Wildman–Crippen LogP) is -2.42. The minimum atomic E-state index is -1.04. The smallest absolute Gasteiger partial charge is 0.257 e. The van der Waals surface area contributed by atoms with E-state index < -0.39 is 5.09 Å². The number of nitrogens with two attached hydrogens (primary N) is 1. The highest BCUT2D eigenvalue weighted by Crippen LogP contribution is 1.58. The van der Waals surface area contributed by atoms with Crippen molar-refractivity contribution in [3.05, 3.63) is 10.1 Å². The lowest BCUT2D eigenvalue weighted by Crippen LogP contribution is -2.47. The van der Waals surface area contributed by atoms with E-state index in [1.54, 1.807) is 5.59 Å². The van der Waals surface area contributed by atoms with Crippen LogP contribution in [0.4, 0.5) is 0 Å². The summed E-state index contributed by atoms with van der Waals surface area (Å²) in [5, 5.41) is 8.25. The molecule has 0 saturated heterocycles. The molecule has 0 amide bonds.